The second-order valence-electron chi connectivity index (χ2n) is 12.3. The monoisotopic (exact) mass is 671 g/mol. The summed E-state index contributed by atoms with van der Waals surface area (Å²) >= 11 is 0. The third-order valence-electron chi connectivity index (χ3n) is 7.89. The van der Waals surface area contributed by atoms with Gasteiger partial charge >= 0.3 is 12.1 Å². The van der Waals surface area contributed by atoms with E-state index in [0.29, 0.717) is 12.1 Å². The SMILES string of the molecule is CCOC(=O)C[C@H](O)[C@H](CC(C)C)NC(=O)C(Cc1cnc[nH]1)NC(=O)[C@H](Cc1ccc2ccccc2c1)NC(=O)OCc1ccccc1. The molecule has 3 aromatic carbocycles. The number of aromatic nitrogens is 2. The van der Waals surface area contributed by atoms with Gasteiger partial charge in [0.15, 0.2) is 0 Å². The molecule has 12 nitrogen and oxygen atoms in total. The molecule has 0 fully saturated rings. The number of alkyl carbamates (subject to hydrolysis) is 1. The Morgan fingerprint density at radius 1 is 0.816 bits per heavy atom. The van der Waals surface area contributed by atoms with Gasteiger partial charge in [-0.3, -0.25) is 14.4 Å². The lowest BCUT2D eigenvalue weighted by Crippen LogP contribution is -2.57. The lowest BCUT2D eigenvalue weighted by molar-refractivity contribution is -0.146. The number of ether oxygens (including phenoxy) is 2. The summed E-state index contributed by atoms with van der Waals surface area (Å²) in [5.74, 6) is -1.70. The van der Waals surface area contributed by atoms with E-state index in [1.54, 1.807) is 13.1 Å². The summed E-state index contributed by atoms with van der Waals surface area (Å²) in [6.07, 6.45) is 1.23. The minimum absolute atomic E-state index is 0.00715. The number of H-pyrrole nitrogens is 1. The van der Waals surface area contributed by atoms with Crippen LogP contribution >= 0.6 is 0 Å². The zero-order valence-electron chi connectivity index (χ0n) is 28.1. The zero-order chi connectivity index (χ0) is 35.2. The third kappa shape index (κ3) is 11.8. The summed E-state index contributed by atoms with van der Waals surface area (Å²) in [6, 6.07) is 19.7. The van der Waals surface area contributed by atoms with Crippen LogP contribution in [-0.4, -0.2) is 69.8 Å². The summed E-state index contributed by atoms with van der Waals surface area (Å²) in [5.41, 5.74) is 2.15. The Morgan fingerprint density at radius 3 is 2.20 bits per heavy atom. The fourth-order valence-corrected chi connectivity index (χ4v) is 5.45. The Kier molecular flexibility index (Phi) is 13.7. The van der Waals surface area contributed by atoms with E-state index in [9.17, 15) is 24.3 Å². The maximum absolute atomic E-state index is 14.0. The topological polar surface area (TPSA) is 172 Å². The Labute approximate surface area is 286 Å². The van der Waals surface area contributed by atoms with Crippen molar-refractivity contribution < 1.29 is 33.8 Å². The van der Waals surface area contributed by atoms with Crippen molar-refractivity contribution in [2.75, 3.05) is 6.61 Å². The molecule has 260 valence electrons. The second kappa shape index (κ2) is 18.3. The molecule has 0 saturated heterocycles. The number of aliphatic hydroxyl groups is 1. The van der Waals surface area contributed by atoms with Gasteiger partial charge in [-0.05, 0) is 41.2 Å². The number of nitrogens with zero attached hydrogens (tertiary/aromatic N) is 1. The van der Waals surface area contributed by atoms with Gasteiger partial charge < -0.3 is 35.5 Å². The Morgan fingerprint density at radius 2 is 1.51 bits per heavy atom. The molecule has 4 rings (SSSR count). The van der Waals surface area contributed by atoms with E-state index in [2.05, 4.69) is 25.9 Å². The van der Waals surface area contributed by atoms with Crippen molar-refractivity contribution in [2.24, 2.45) is 5.92 Å². The lowest BCUT2D eigenvalue weighted by Gasteiger charge is -2.28. The summed E-state index contributed by atoms with van der Waals surface area (Å²) in [7, 11) is 0. The minimum atomic E-state index is -1.21. The Balaban J connectivity index is 1.55. The minimum Gasteiger partial charge on any atom is -0.466 e. The van der Waals surface area contributed by atoms with Crippen LogP contribution in [-0.2, 0) is 43.3 Å². The third-order valence-corrected chi connectivity index (χ3v) is 7.89. The average Bonchev–Trinajstić information content (AvgIpc) is 3.60. The van der Waals surface area contributed by atoms with E-state index in [1.165, 1.54) is 6.33 Å². The highest BCUT2D eigenvalue weighted by molar-refractivity contribution is 5.92. The van der Waals surface area contributed by atoms with Gasteiger partial charge in [-0.15, -0.1) is 0 Å². The maximum Gasteiger partial charge on any atom is 0.408 e. The number of imidazole rings is 1. The molecule has 3 amide bonds. The maximum atomic E-state index is 14.0. The van der Waals surface area contributed by atoms with Gasteiger partial charge in [0.2, 0.25) is 11.8 Å². The molecule has 12 heteroatoms. The molecular weight excluding hydrogens is 626 g/mol. The molecule has 49 heavy (non-hydrogen) atoms. The van der Waals surface area contributed by atoms with Crippen molar-refractivity contribution >= 4 is 34.6 Å². The smallest absolute Gasteiger partial charge is 0.408 e. The molecule has 0 radical (unpaired) electrons. The van der Waals surface area contributed by atoms with Crippen LogP contribution in [0.2, 0.25) is 0 Å². The van der Waals surface area contributed by atoms with Gasteiger partial charge in [0, 0.05) is 24.7 Å². The zero-order valence-corrected chi connectivity index (χ0v) is 28.1. The number of hydrogen-bond donors (Lipinski definition) is 5. The molecule has 1 heterocycles. The van der Waals surface area contributed by atoms with E-state index in [1.807, 2.05) is 86.6 Å². The van der Waals surface area contributed by atoms with Crippen LogP contribution in [0.1, 0.15) is 50.4 Å². The molecule has 0 saturated carbocycles. The molecule has 1 unspecified atom stereocenters. The van der Waals surface area contributed by atoms with Crippen molar-refractivity contribution in [2.45, 2.75) is 77.3 Å². The van der Waals surface area contributed by atoms with E-state index < -0.39 is 48.1 Å². The van der Waals surface area contributed by atoms with E-state index >= 15 is 0 Å². The van der Waals surface area contributed by atoms with E-state index in [4.69, 9.17) is 9.47 Å². The molecule has 0 aliphatic heterocycles. The van der Waals surface area contributed by atoms with Crippen LogP contribution < -0.4 is 16.0 Å². The number of aliphatic hydroxyl groups excluding tert-OH is 1. The number of esters is 1. The van der Waals surface area contributed by atoms with Crippen LogP contribution in [0.3, 0.4) is 0 Å². The number of carbonyl (C=O) groups excluding carboxylic acids is 4. The summed E-state index contributed by atoms with van der Waals surface area (Å²) < 4.78 is 10.4. The Bertz CT molecular complexity index is 1660. The van der Waals surface area contributed by atoms with Gasteiger partial charge in [-0.2, -0.15) is 0 Å². The van der Waals surface area contributed by atoms with Crippen LogP contribution in [0.15, 0.2) is 85.3 Å². The van der Waals surface area contributed by atoms with Gasteiger partial charge in [0.05, 0.1) is 31.5 Å². The van der Waals surface area contributed by atoms with Crippen molar-refractivity contribution in [1.29, 1.82) is 0 Å². The molecular formula is C37H45N5O7. The Hall–Kier alpha value is -5.23. The van der Waals surface area contributed by atoms with Crippen molar-refractivity contribution in [3.8, 4) is 0 Å². The molecule has 0 bridgehead atoms. The van der Waals surface area contributed by atoms with Gasteiger partial charge in [-0.1, -0.05) is 86.6 Å². The van der Waals surface area contributed by atoms with Gasteiger partial charge in [-0.25, -0.2) is 9.78 Å². The fraction of sp³-hybridized carbons (Fsp3) is 0.378. The number of hydrogen-bond acceptors (Lipinski definition) is 8. The van der Waals surface area contributed by atoms with Crippen molar-refractivity contribution in [3.63, 3.8) is 0 Å². The van der Waals surface area contributed by atoms with Gasteiger partial charge in [0.25, 0.3) is 0 Å². The van der Waals surface area contributed by atoms with E-state index in [-0.39, 0.29) is 38.4 Å². The largest absolute Gasteiger partial charge is 0.466 e. The first-order valence-electron chi connectivity index (χ1n) is 16.5. The fourth-order valence-electron chi connectivity index (χ4n) is 5.45. The number of benzene rings is 3. The number of carbonyl (C=O) groups is 4. The standard InChI is InChI=1S/C37H45N5O7/c1-4-48-34(44)20-33(43)30(16-24(2)3)40-36(46)32(19-29-21-38-23-39-29)41-35(45)31(42-37(47)49-22-25-10-6-5-7-11-25)18-26-14-15-27-12-8-9-13-28(27)17-26/h5-15,17,21,23-24,30-33,43H,4,16,18-20,22H2,1-3H3,(H,38,39)(H,40,46)(H,41,45)(H,42,47)/t30-,31-,32?,33-/m0/s1. The number of fused-ring (bicyclic) bond motifs is 1. The molecule has 1 aromatic heterocycles. The molecule has 4 atom stereocenters. The van der Waals surface area contributed by atoms with E-state index in [0.717, 1.165) is 21.9 Å². The normalized spacial score (nSPS) is 13.6. The highest BCUT2D eigenvalue weighted by atomic mass is 16.5. The predicted molar refractivity (Wildman–Crippen MR) is 184 cm³/mol. The first-order valence-corrected chi connectivity index (χ1v) is 16.5. The molecule has 4 aromatic rings. The van der Waals surface area contributed by atoms with Crippen LogP contribution in [0, 0.1) is 5.92 Å². The molecule has 0 spiro atoms. The first kappa shape index (κ1) is 36.6. The average molecular weight is 672 g/mol. The second-order valence-corrected chi connectivity index (χ2v) is 12.3. The molecule has 0 aliphatic carbocycles. The molecule has 0 aliphatic rings. The summed E-state index contributed by atoms with van der Waals surface area (Å²) in [5, 5.41) is 21.2. The highest BCUT2D eigenvalue weighted by Crippen LogP contribution is 2.18. The first-order chi connectivity index (χ1) is 23.6. The highest BCUT2D eigenvalue weighted by Gasteiger charge is 2.32. The predicted octanol–water partition coefficient (Wildman–Crippen LogP) is 3.97. The van der Waals surface area contributed by atoms with Crippen LogP contribution in [0.5, 0.6) is 0 Å². The van der Waals surface area contributed by atoms with Gasteiger partial charge in [0.1, 0.15) is 18.7 Å². The molecule has 5 N–H and O–H groups in total. The number of nitrogens with one attached hydrogen (secondary N) is 4. The van der Waals surface area contributed by atoms with Crippen molar-refractivity contribution in [1.82, 2.24) is 25.9 Å². The van der Waals surface area contributed by atoms with Crippen molar-refractivity contribution in [3.05, 3.63) is 102 Å². The number of amides is 3. The number of rotatable bonds is 17. The quantitative estimate of drug-likeness (QED) is 0.105. The van der Waals surface area contributed by atoms with Crippen LogP contribution in [0.25, 0.3) is 10.8 Å². The number of aromatic amines is 1. The summed E-state index contributed by atoms with van der Waals surface area (Å²) in [4.78, 5) is 59.9. The lowest BCUT2D eigenvalue weighted by atomic mass is 9.96. The van der Waals surface area contributed by atoms with Crippen LogP contribution in [0.4, 0.5) is 4.79 Å². The summed E-state index contributed by atoms with van der Waals surface area (Å²) in [6.45, 7) is 5.71.